The number of rotatable bonds is 6. The van der Waals surface area contributed by atoms with E-state index in [0.29, 0.717) is 12.5 Å². The van der Waals surface area contributed by atoms with Crippen LogP contribution in [-0.2, 0) is 11.2 Å². The Hall–Kier alpha value is -1.35. The van der Waals surface area contributed by atoms with Crippen molar-refractivity contribution in [3.05, 3.63) is 35.4 Å². The number of hydrogen-bond donors (Lipinski definition) is 2. The zero-order chi connectivity index (χ0) is 13.5. The molecule has 3 heteroatoms. The van der Waals surface area contributed by atoms with E-state index in [2.05, 4.69) is 41.8 Å². The molecule has 0 saturated heterocycles. The fourth-order valence-corrected chi connectivity index (χ4v) is 2.75. The summed E-state index contributed by atoms with van der Waals surface area (Å²) in [5.74, 6) is 0.662. The highest BCUT2D eigenvalue weighted by Crippen LogP contribution is 2.30. The number of carbonyl (C=O) groups excluding carboxylic acids is 1. The zero-order valence-electron chi connectivity index (χ0n) is 11.7. The lowest BCUT2D eigenvalue weighted by atomic mass is 9.83. The largest absolute Gasteiger partial charge is 0.355 e. The number of nitrogens with one attached hydrogen (secondary N) is 2. The summed E-state index contributed by atoms with van der Waals surface area (Å²) in [4.78, 5) is 11.5. The van der Waals surface area contributed by atoms with E-state index < -0.39 is 0 Å². The van der Waals surface area contributed by atoms with Gasteiger partial charge in [0.1, 0.15) is 0 Å². The van der Waals surface area contributed by atoms with Crippen LogP contribution in [-0.4, -0.2) is 25.5 Å². The highest BCUT2D eigenvalue weighted by molar-refractivity contribution is 5.77. The third-order valence-corrected chi connectivity index (χ3v) is 3.74. The summed E-state index contributed by atoms with van der Waals surface area (Å²) in [6.07, 6.45) is 4.66. The van der Waals surface area contributed by atoms with Gasteiger partial charge in [-0.2, -0.15) is 0 Å². The second kappa shape index (κ2) is 7.29. The van der Waals surface area contributed by atoms with Crippen molar-refractivity contribution in [2.24, 2.45) is 0 Å². The van der Waals surface area contributed by atoms with Crippen molar-refractivity contribution < 1.29 is 4.79 Å². The highest BCUT2D eigenvalue weighted by Gasteiger charge is 2.19. The first-order chi connectivity index (χ1) is 9.31. The molecule has 0 fully saturated rings. The molecule has 0 radical (unpaired) electrons. The summed E-state index contributed by atoms with van der Waals surface area (Å²) in [6, 6.07) is 8.70. The lowest BCUT2D eigenvalue weighted by Gasteiger charge is -2.25. The van der Waals surface area contributed by atoms with Crippen molar-refractivity contribution in [2.45, 2.75) is 38.5 Å². The van der Waals surface area contributed by atoms with Crippen LogP contribution >= 0.6 is 0 Å². The molecule has 2 rings (SSSR count). The van der Waals surface area contributed by atoms with Crippen LogP contribution in [0, 0.1) is 0 Å². The first-order valence-corrected chi connectivity index (χ1v) is 7.36. The molecule has 0 saturated carbocycles. The number of hydrogen-bond acceptors (Lipinski definition) is 2. The predicted molar refractivity (Wildman–Crippen MR) is 78.3 cm³/mol. The van der Waals surface area contributed by atoms with Gasteiger partial charge in [0, 0.05) is 13.1 Å². The smallest absolute Gasteiger partial charge is 0.233 e. The van der Waals surface area contributed by atoms with E-state index in [4.69, 9.17) is 0 Å². The second-order valence-electron chi connectivity index (χ2n) is 5.27. The van der Waals surface area contributed by atoms with Crippen molar-refractivity contribution in [1.82, 2.24) is 10.6 Å². The molecule has 3 nitrogen and oxygen atoms in total. The third kappa shape index (κ3) is 4.06. The van der Waals surface area contributed by atoms with Crippen LogP contribution in [0.5, 0.6) is 0 Å². The molecular weight excluding hydrogens is 236 g/mol. The molecule has 1 aliphatic rings. The molecule has 1 amide bonds. The first-order valence-electron chi connectivity index (χ1n) is 7.36. The second-order valence-corrected chi connectivity index (χ2v) is 5.27. The van der Waals surface area contributed by atoms with Crippen molar-refractivity contribution in [3.8, 4) is 0 Å². The summed E-state index contributed by atoms with van der Waals surface area (Å²) in [6.45, 7) is 4.16. The Morgan fingerprint density at radius 1 is 1.37 bits per heavy atom. The van der Waals surface area contributed by atoms with Gasteiger partial charge >= 0.3 is 0 Å². The van der Waals surface area contributed by atoms with Gasteiger partial charge in [-0.25, -0.2) is 0 Å². The molecule has 0 aromatic heterocycles. The van der Waals surface area contributed by atoms with Crippen LogP contribution < -0.4 is 10.6 Å². The van der Waals surface area contributed by atoms with E-state index in [0.717, 1.165) is 19.5 Å². The van der Waals surface area contributed by atoms with E-state index in [1.165, 1.54) is 30.4 Å². The van der Waals surface area contributed by atoms with E-state index >= 15 is 0 Å². The minimum atomic E-state index is 0.103. The van der Waals surface area contributed by atoms with Crippen molar-refractivity contribution in [2.75, 3.05) is 19.6 Å². The molecule has 0 spiro atoms. The standard InChI is InChI=1S/C16H24N2O/c1-2-10-18-16(19)12-17-11-14-8-5-7-13-6-3-4-9-15(13)14/h3-4,6,9,14,17H,2,5,7-8,10-12H2,1H3,(H,18,19). The fourth-order valence-electron chi connectivity index (χ4n) is 2.75. The molecule has 1 atom stereocenters. The third-order valence-electron chi connectivity index (χ3n) is 3.74. The minimum Gasteiger partial charge on any atom is -0.355 e. The van der Waals surface area contributed by atoms with Gasteiger partial charge in [-0.05, 0) is 42.7 Å². The maximum Gasteiger partial charge on any atom is 0.233 e. The summed E-state index contributed by atoms with van der Waals surface area (Å²) < 4.78 is 0. The summed E-state index contributed by atoms with van der Waals surface area (Å²) in [5.41, 5.74) is 2.95. The lowest BCUT2D eigenvalue weighted by molar-refractivity contribution is -0.120. The van der Waals surface area contributed by atoms with Crippen molar-refractivity contribution in [3.63, 3.8) is 0 Å². The average molecular weight is 260 g/mol. The quantitative estimate of drug-likeness (QED) is 0.823. The normalized spacial score (nSPS) is 17.8. The minimum absolute atomic E-state index is 0.103. The molecule has 2 N–H and O–H groups in total. The highest BCUT2D eigenvalue weighted by atomic mass is 16.1. The van der Waals surface area contributed by atoms with Gasteiger partial charge in [-0.15, -0.1) is 0 Å². The van der Waals surface area contributed by atoms with Crippen LogP contribution in [0.3, 0.4) is 0 Å². The van der Waals surface area contributed by atoms with Gasteiger partial charge in [0.2, 0.25) is 5.91 Å². The summed E-state index contributed by atoms with van der Waals surface area (Å²) >= 11 is 0. The monoisotopic (exact) mass is 260 g/mol. The number of benzene rings is 1. The zero-order valence-corrected chi connectivity index (χ0v) is 11.7. The van der Waals surface area contributed by atoms with Gasteiger partial charge in [0.15, 0.2) is 0 Å². The number of amides is 1. The van der Waals surface area contributed by atoms with Crippen molar-refractivity contribution >= 4 is 5.91 Å². The van der Waals surface area contributed by atoms with Crippen molar-refractivity contribution in [1.29, 1.82) is 0 Å². The van der Waals surface area contributed by atoms with E-state index in [-0.39, 0.29) is 5.91 Å². The van der Waals surface area contributed by atoms with Gasteiger partial charge in [0.25, 0.3) is 0 Å². The molecule has 0 bridgehead atoms. The molecule has 0 heterocycles. The van der Waals surface area contributed by atoms with Crippen LogP contribution in [0.2, 0.25) is 0 Å². The number of fused-ring (bicyclic) bond motifs is 1. The molecule has 1 unspecified atom stereocenters. The van der Waals surface area contributed by atoms with E-state index in [1.807, 2.05) is 0 Å². The maximum absolute atomic E-state index is 11.5. The molecule has 19 heavy (non-hydrogen) atoms. The van der Waals surface area contributed by atoms with Gasteiger partial charge in [-0.3, -0.25) is 4.79 Å². The van der Waals surface area contributed by atoms with Crippen LogP contribution in [0.15, 0.2) is 24.3 Å². The fraction of sp³-hybridized carbons (Fsp3) is 0.562. The van der Waals surface area contributed by atoms with E-state index in [1.54, 1.807) is 0 Å². The maximum atomic E-state index is 11.5. The van der Waals surface area contributed by atoms with Gasteiger partial charge < -0.3 is 10.6 Å². The van der Waals surface area contributed by atoms with E-state index in [9.17, 15) is 4.79 Å². The SMILES string of the molecule is CCCNC(=O)CNCC1CCCc2ccccc21. The molecule has 104 valence electrons. The first kappa shape index (κ1) is 14.1. The molecular formula is C16H24N2O. The molecule has 0 aliphatic heterocycles. The summed E-state index contributed by atoms with van der Waals surface area (Å²) in [7, 11) is 0. The molecule has 1 aromatic rings. The number of carbonyl (C=O) groups is 1. The Balaban J connectivity index is 1.80. The summed E-state index contributed by atoms with van der Waals surface area (Å²) in [5, 5.41) is 6.18. The average Bonchev–Trinajstić information content (AvgIpc) is 2.45. The Bertz CT molecular complexity index is 417. The van der Waals surface area contributed by atoms with Crippen LogP contribution in [0.4, 0.5) is 0 Å². The number of aryl methyl sites for hydroxylation is 1. The van der Waals surface area contributed by atoms with Gasteiger partial charge in [0.05, 0.1) is 6.54 Å². The Kier molecular flexibility index (Phi) is 5.40. The van der Waals surface area contributed by atoms with Crippen LogP contribution in [0.25, 0.3) is 0 Å². The topological polar surface area (TPSA) is 41.1 Å². The predicted octanol–water partition coefficient (Wildman–Crippen LogP) is 2.22. The van der Waals surface area contributed by atoms with Gasteiger partial charge in [-0.1, -0.05) is 31.2 Å². The Morgan fingerprint density at radius 2 is 2.21 bits per heavy atom. The molecule has 1 aliphatic carbocycles. The Labute approximate surface area is 115 Å². The Morgan fingerprint density at radius 3 is 3.05 bits per heavy atom. The van der Waals surface area contributed by atoms with Crippen LogP contribution in [0.1, 0.15) is 43.2 Å². The lowest BCUT2D eigenvalue weighted by Crippen LogP contribution is -2.36. The molecule has 1 aromatic carbocycles.